The van der Waals surface area contributed by atoms with Crippen molar-refractivity contribution < 1.29 is 28.6 Å². The summed E-state index contributed by atoms with van der Waals surface area (Å²) in [7, 11) is 0. The summed E-state index contributed by atoms with van der Waals surface area (Å²) in [5.74, 6) is -0.00874. The number of carbonyl (C=O) groups excluding carboxylic acids is 3. The van der Waals surface area contributed by atoms with E-state index in [4.69, 9.17) is 14.2 Å². The normalized spacial score (nSPS) is 12.0. The molecule has 0 bridgehead atoms. The molecule has 0 amide bonds. The van der Waals surface area contributed by atoms with Crippen LogP contribution in [0.4, 0.5) is 0 Å². The van der Waals surface area contributed by atoms with Gasteiger partial charge in [-0.15, -0.1) is 0 Å². The predicted octanol–water partition coefficient (Wildman–Crippen LogP) is 19.0. The molecule has 0 heterocycles. The molecule has 0 rings (SSSR count). The topological polar surface area (TPSA) is 78.9 Å². The van der Waals surface area contributed by atoms with Crippen molar-refractivity contribution in [1.82, 2.24) is 0 Å². The first kappa shape index (κ1) is 62.4. The van der Waals surface area contributed by atoms with E-state index in [1.54, 1.807) is 0 Å². The largest absolute Gasteiger partial charge is 0.462 e. The zero-order valence-electron chi connectivity index (χ0n) is 43.8. The van der Waals surface area contributed by atoms with Crippen molar-refractivity contribution in [1.29, 1.82) is 0 Å². The monoisotopic (exact) mass is 905 g/mol. The van der Waals surface area contributed by atoms with E-state index >= 15 is 0 Å². The molecule has 0 aliphatic heterocycles. The fourth-order valence-corrected chi connectivity index (χ4v) is 8.92. The second-order valence-corrected chi connectivity index (χ2v) is 20.4. The minimum atomic E-state index is -0.762. The SMILES string of the molecule is CCCCCCCCCCCCCCCCCCCC(=O)OC[C@H](COC(=O)CCCCCCCCCCCCCC(C)C)OC(=O)CCCCCCCCCCCCCCCCC. The molecule has 0 aromatic heterocycles. The first-order chi connectivity index (χ1) is 31.4. The molecule has 380 valence electrons. The van der Waals surface area contributed by atoms with Crippen molar-refractivity contribution in [3.8, 4) is 0 Å². The summed E-state index contributed by atoms with van der Waals surface area (Å²) in [5, 5.41) is 0. The number of hydrogen-bond donors (Lipinski definition) is 0. The molecule has 0 fully saturated rings. The minimum Gasteiger partial charge on any atom is -0.462 e. The van der Waals surface area contributed by atoms with Gasteiger partial charge in [-0.2, -0.15) is 0 Å². The van der Waals surface area contributed by atoms with E-state index in [1.165, 1.54) is 225 Å². The van der Waals surface area contributed by atoms with E-state index in [9.17, 15) is 14.4 Å². The molecule has 0 saturated carbocycles. The molecule has 6 heteroatoms. The van der Waals surface area contributed by atoms with Crippen LogP contribution < -0.4 is 0 Å². The second kappa shape index (κ2) is 52.4. The van der Waals surface area contributed by atoms with Crippen LogP contribution in [0.3, 0.4) is 0 Å². The van der Waals surface area contributed by atoms with Gasteiger partial charge in [0.1, 0.15) is 13.2 Å². The summed E-state index contributed by atoms with van der Waals surface area (Å²) in [6.45, 7) is 9.05. The second-order valence-electron chi connectivity index (χ2n) is 20.4. The highest BCUT2D eigenvalue weighted by Crippen LogP contribution is 2.18. The van der Waals surface area contributed by atoms with Crippen LogP contribution in [0.15, 0.2) is 0 Å². The van der Waals surface area contributed by atoms with Crippen LogP contribution in [0.2, 0.25) is 0 Å². The average Bonchev–Trinajstić information content (AvgIpc) is 3.28. The minimum absolute atomic E-state index is 0.0619. The molecule has 0 aliphatic carbocycles. The maximum atomic E-state index is 12.8. The summed E-state index contributed by atoms with van der Waals surface area (Å²) in [6.07, 6.45) is 56.6. The van der Waals surface area contributed by atoms with Gasteiger partial charge in [0.05, 0.1) is 0 Å². The first-order valence-corrected chi connectivity index (χ1v) is 28.9. The number of esters is 3. The zero-order chi connectivity index (χ0) is 46.7. The van der Waals surface area contributed by atoms with Crippen LogP contribution in [0.1, 0.15) is 329 Å². The van der Waals surface area contributed by atoms with Gasteiger partial charge in [0.25, 0.3) is 0 Å². The van der Waals surface area contributed by atoms with Crippen molar-refractivity contribution in [2.45, 2.75) is 336 Å². The Kier molecular flexibility index (Phi) is 51.1. The Morgan fingerprint density at radius 2 is 0.516 bits per heavy atom. The molecule has 0 aromatic rings. The molecule has 6 nitrogen and oxygen atoms in total. The molecular weight excluding hydrogens is 793 g/mol. The van der Waals surface area contributed by atoms with Crippen molar-refractivity contribution in [2.75, 3.05) is 13.2 Å². The lowest BCUT2D eigenvalue weighted by atomic mass is 10.0. The van der Waals surface area contributed by atoms with E-state index < -0.39 is 6.10 Å². The Labute approximate surface area is 399 Å². The number of unbranched alkanes of at least 4 members (excludes halogenated alkanes) is 40. The highest BCUT2D eigenvalue weighted by atomic mass is 16.6. The van der Waals surface area contributed by atoms with Gasteiger partial charge >= 0.3 is 17.9 Å². The van der Waals surface area contributed by atoms with Crippen molar-refractivity contribution in [3.05, 3.63) is 0 Å². The molecule has 64 heavy (non-hydrogen) atoms. The third kappa shape index (κ3) is 51.4. The van der Waals surface area contributed by atoms with E-state index in [2.05, 4.69) is 27.7 Å². The number of hydrogen-bond acceptors (Lipinski definition) is 6. The lowest BCUT2D eigenvalue weighted by Gasteiger charge is -2.18. The number of carbonyl (C=O) groups is 3. The highest BCUT2D eigenvalue weighted by molar-refractivity contribution is 5.71. The van der Waals surface area contributed by atoms with Gasteiger partial charge in [-0.05, 0) is 25.2 Å². The quantitative estimate of drug-likeness (QED) is 0.0344. The van der Waals surface area contributed by atoms with Gasteiger partial charge in [-0.1, -0.05) is 291 Å². The molecule has 1 atom stereocenters. The van der Waals surface area contributed by atoms with Gasteiger partial charge in [0.15, 0.2) is 6.10 Å². The van der Waals surface area contributed by atoms with Crippen LogP contribution in [0.5, 0.6) is 0 Å². The van der Waals surface area contributed by atoms with Gasteiger partial charge < -0.3 is 14.2 Å². The van der Waals surface area contributed by atoms with E-state index in [1.807, 2.05) is 0 Å². The van der Waals surface area contributed by atoms with Gasteiger partial charge in [0, 0.05) is 19.3 Å². The van der Waals surface area contributed by atoms with Crippen molar-refractivity contribution >= 4 is 17.9 Å². The molecular formula is C58H112O6. The molecule has 0 aliphatic rings. The summed E-state index contributed by atoms with van der Waals surface area (Å²) < 4.78 is 16.9. The highest BCUT2D eigenvalue weighted by Gasteiger charge is 2.19. The molecule has 0 aromatic carbocycles. The van der Waals surface area contributed by atoms with Crippen molar-refractivity contribution in [2.24, 2.45) is 5.92 Å². The Bertz CT molecular complexity index is 964. The molecule has 0 spiro atoms. The van der Waals surface area contributed by atoms with Crippen LogP contribution in [0, 0.1) is 5.92 Å². The average molecular weight is 906 g/mol. The maximum Gasteiger partial charge on any atom is 0.306 e. The molecule has 0 radical (unpaired) electrons. The Balaban J connectivity index is 4.29. The Hall–Kier alpha value is -1.59. The van der Waals surface area contributed by atoms with Crippen molar-refractivity contribution in [3.63, 3.8) is 0 Å². The smallest absolute Gasteiger partial charge is 0.306 e. The summed E-state index contributed by atoms with van der Waals surface area (Å²) in [5.41, 5.74) is 0. The van der Waals surface area contributed by atoms with Gasteiger partial charge in [0.2, 0.25) is 0 Å². The standard InChI is InChI=1S/C58H112O6/c1-5-7-9-11-13-15-17-19-21-22-24-25-29-33-37-41-45-49-56(59)62-52-55(53-63-57(60)50-46-42-38-34-31-27-28-32-36-40-44-48-54(3)4)64-58(61)51-47-43-39-35-30-26-23-20-18-16-14-12-10-8-6-2/h54-55H,5-53H2,1-4H3/t55-/m1/s1. The lowest BCUT2D eigenvalue weighted by molar-refractivity contribution is -0.167. The summed E-state index contributed by atoms with van der Waals surface area (Å²) >= 11 is 0. The molecule has 0 saturated heterocycles. The van der Waals surface area contributed by atoms with E-state index in [-0.39, 0.29) is 31.1 Å². The fraction of sp³-hybridized carbons (Fsp3) is 0.948. The Morgan fingerprint density at radius 3 is 0.766 bits per heavy atom. The summed E-state index contributed by atoms with van der Waals surface area (Å²) in [6, 6.07) is 0. The van der Waals surface area contributed by atoms with Crippen LogP contribution in [0.25, 0.3) is 0 Å². The first-order valence-electron chi connectivity index (χ1n) is 28.9. The van der Waals surface area contributed by atoms with E-state index in [0.717, 1.165) is 63.7 Å². The zero-order valence-corrected chi connectivity index (χ0v) is 43.8. The fourth-order valence-electron chi connectivity index (χ4n) is 8.92. The van der Waals surface area contributed by atoms with Crippen LogP contribution >= 0.6 is 0 Å². The molecule has 0 unspecified atom stereocenters. The third-order valence-electron chi connectivity index (χ3n) is 13.3. The van der Waals surface area contributed by atoms with Gasteiger partial charge in [-0.3, -0.25) is 14.4 Å². The number of ether oxygens (including phenoxy) is 3. The summed E-state index contributed by atoms with van der Waals surface area (Å²) in [4.78, 5) is 38.1. The number of rotatable bonds is 53. The van der Waals surface area contributed by atoms with Crippen LogP contribution in [-0.2, 0) is 28.6 Å². The third-order valence-corrected chi connectivity index (χ3v) is 13.3. The van der Waals surface area contributed by atoms with Gasteiger partial charge in [-0.25, -0.2) is 0 Å². The predicted molar refractivity (Wildman–Crippen MR) is 275 cm³/mol. The van der Waals surface area contributed by atoms with Crippen LogP contribution in [-0.4, -0.2) is 37.2 Å². The van der Waals surface area contributed by atoms with E-state index in [0.29, 0.717) is 19.3 Å². The maximum absolute atomic E-state index is 12.8. The Morgan fingerprint density at radius 1 is 0.297 bits per heavy atom. The lowest BCUT2D eigenvalue weighted by Crippen LogP contribution is -2.30. The molecule has 0 N–H and O–H groups in total.